The fourth-order valence-electron chi connectivity index (χ4n) is 1.75. The summed E-state index contributed by atoms with van der Waals surface area (Å²) in [5.74, 6) is -0.0978. The highest BCUT2D eigenvalue weighted by Crippen LogP contribution is 2.14. The summed E-state index contributed by atoms with van der Waals surface area (Å²) in [5, 5.41) is 3.72. The van der Waals surface area contributed by atoms with Crippen LogP contribution in [0.3, 0.4) is 0 Å². The Bertz CT molecular complexity index is 634. The third kappa shape index (κ3) is 2.79. The fraction of sp³-hybridized carbons (Fsp3) is 0.231. The standard InChI is InChI=1S/C13H13BrN2O2/c1-8(14)13(18)15-7-9-6-12(17)16-11-5-3-2-4-10(9)11/h2-6,8H,7H2,1H3,(H,15,18)(H,16,17). The molecule has 0 aliphatic carbocycles. The Morgan fingerprint density at radius 1 is 1.44 bits per heavy atom. The number of hydrogen-bond acceptors (Lipinski definition) is 2. The molecule has 0 saturated carbocycles. The van der Waals surface area contributed by atoms with E-state index < -0.39 is 0 Å². The van der Waals surface area contributed by atoms with E-state index in [4.69, 9.17) is 0 Å². The van der Waals surface area contributed by atoms with E-state index >= 15 is 0 Å². The van der Waals surface area contributed by atoms with E-state index in [9.17, 15) is 9.59 Å². The van der Waals surface area contributed by atoms with Gasteiger partial charge in [0, 0.05) is 23.5 Å². The number of aromatic amines is 1. The van der Waals surface area contributed by atoms with Crippen molar-refractivity contribution in [1.29, 1.82) is 0 Å². The molecule has 2 N–H and O–H groups in total. The smallest absolute Gasteiger partial charge is 0.248 e. The van der Waals surface area contributed by atoms with Crippen LogP contribution in [0.25, 0.3) is 10.9 Å². The van der Waals surface area contributed by atoms with Crippen molar-refractivity contribution in [1.82, 2.24) is 10.3 Å². The summed E-state index contributed by atoms with van der Waals surface area (Å²) in [7, 11) is 0. The number of nitrogens with one attached hydrogen (secondary N) is 2. The summed E-state index contributed by atoms with van der Waals surface area (Å²) < 4.78 is 0. The van der Waals surface area contributed by atoms with Gasteiger partial charge in [-0.2, -0.15) is 0 Å². The molecule has 4 nitrogen and oxygen atoms in total. The molecule has 0 aliphatic rings. The molecule has 18 heavy (non-hydrogen) atoms. The summed E-state index contributed by atoms with van der Waals surface area (Å²) in [6, 6.07) is 9.04. The van der Waals surface area contributed by atoms with E-state index in [1.54, 1.807) is 6.92 Å². The van der Waals surface area contributed by atoms with Crippen LogP contribution in [0.1, 0.15) is 12.5 Å². The van der Waals surface area contributed by atoms with Gasteiger partial charge in [0.25, 0.3) is 0 Å². The summed E-state index contributed by atoms with van der Waals surface area (Å²) >= 11 is 3.20. The highest BCUT2D eigenvalue weighted by atomic mass is 79.9. The average Bonchev–Trinajstić information content (AvgIpc) is 2.35. The molecule has 1 aromatic heterocycles. The Kier molecular flexibility index (Phi) is 3.81. The van der Waals surface area contributed by atoms with Crippen molar-refractivity contribution in [2.24, 2.45) is 0 Å². The van der Waals surface area contributed by atoms with E-state index in [0.717, 1.165) is 16.5 Å². The van der Waals surface area contributed by atoms with Crippen molar-refractivity contribution in [2.45, 2.75) is 18.3 Å². The third-order valence-electron chi connectivity index (χ3n) is 2.65. The second kappa shape index (κ2) is 5.35. The monoisotopic (exact) mass is 308 g/mol. The van der Waals surface area contributed by atoms with Crippen molar-refractivity contribution < 1.29 is 4.79 Å². The largest absolute Gasteiger partial charge is 0.351 e. The zero-order valence-corrected chi connectivity index (χ0v) is 11.5. The molecule has 5 heteroatoms. The van der Waals surface area contributed by atoms with Crippen molar-refractivity contribution >= 4 is 32.7 Å². The van der Waals surface area contributed by atoms with Gasteiger partial charge in [-0.25, -0.2) is 0 Å². The number of halogens is 1. The number of carbonyl (C=O) groups is 1. The second-order valence-corrected chi connectivity index (χ2v) is 5.41. The van der Waals surface area contributed by atoms with Crippen molar-refractivity contribution in [3.8, 4) is 0 Å². The van der Waals surface area contributed by atoms with Crippen LogP contribution in [0.5, 0.6) is 0 Å². The first-order valence-electron chi connectivity index (χ1n) is 5.60. The number of alkyl halides is 1. The van der Waals surface area contributed by atoms with Crippen LogP contribution in [-0.4, -0.2) is 15.7 Å². The number of hydrogen-bond donors (Lipinski definition) is 2. The first kappa shape index (κ1) is 12.8. The zero-order valence-electron chi connectivity index (χ0n) is 9.87. The van der Waals surface area contributed by atoms with Gasteiger partial charge >= 0.3 is 0 Å². The maximum atomic E-state index is 11.5. The Morgan fingerprint density at radius 2 is 2.17 bits per heavy atom. The Labute approximate surface area is 113 Å². The highest BCUT2D eigenvalue weighted by Gasteiger charge is 2.09. The van der Waals surface area contributed by atoms with E-state index in [2.05, 4.69) is 26.2 Å². The Balaban J connectivity index is 2.33. The Morgan fingerprint density at radius 3 is 2.89 bits per heavy atom. The van der Waals surface area contributed by atoms with Gasteiger partial charge in [0.2, 0.25) is 11.5 Å². The zero-order chi connectivity index (χ0) is 13.1. The fourth-order valence-corrected chi connectivity index (χ4v) is 1.91. The predicted molar refractivity (Wildman–Crippen MR) is 74.8 cm³/mol. The molecule has 1 heterocycles. The average molecular weight is 309 g/mol. The molecular formula is C13H13BrN2O2. The van der Waals surface area contributed by atoms with Gasteiger partial charge in [-0.3, -0.25) is 9.59 Å². The predicted octanol–water partition coefficient (Wildman–Crippen LogP) is 1.93. The quantitative estimate of drug-likeness (QED) is 0.851. The van der Waals surface area contributed by atoms with Gasteiger partial charge < -0.3 is 10.3 Å². The maximum absolute atomic E-state index is 11.5. The van der Waals surface area contributed by atoms with Crippen molar-refractivity contribution in [3.63, 3.8) is 0 Å². The van der Waals surface area contributed by atoms with Gasteiger partial charge in [-0.1, -0.05) is 34.1 Å². The van der Waals surface area contributed by atoms with Gasteiger partial charge in [-0.15, -0.1) is 0 Å². The van der Waals surface area contributed by atoms with Crippen LogP contribution in [0.15, 0.2) is 35.1 Å². The molecule has 0 fully saturated rings. The number of para-hydroxylation sites is 1. The molecule has 0 aliphatic heterocycles. The van der Waals surface area contributed by atoms with Crippen LogP contribution in [0.2, 0.25) is 0 Å². The summed E-state index contributed by atoms with van der Waals surface area (Å²) in [5.41, 5.74) is 1.43. The number of fused-ring (bicyclic) bond motifs is 1. The lowest BCUT2D eigenvalue weighted by Gasteiger charge is -2.09. The van der Waals surface area contributed by atoms with Crippen LogP contribution in [-0.2, 0) is 11.3 Å². The minimum atomic E-state index is -0.245. The number of amides is 1. The summed E-state index contributed by atoms with van der Waals surface area (Å²) in [6.45, 7) is 2.10. The first-order chi connectivity index (χ1) is 8.58. The molecule has 0 bridgehead atoms. The number of rotatable bonds is 3. The molecule has 0 saturated heterocycles. The van der Waals surface area contributed by atoms with Gasteiger partial charge in [0.05, 0.1) is 4.83 Å². The molecule has 0 spiro atoms. The summed E-state index contributed by atoms with van der Waals surface area (Å²) in [6.07, 6.45) is 0. The van der Waals surface area contributed by atoms with E-state index in [0.29, 0.717) is 6.54 Å². The van der Waals surface area contributed by atoms with Crippen molar-refractivity contribution in [2.75, 3.05) is 0 Å². The molecule has 0 radical (unpaired) electrons. The number of pyridine rings is 1. The first-order valence-corrected chi connectivity index (χ1v) is 6.52. The SMILES string of the molecule is CC(Br)C(=O)NCc1cc(=O)[nH]c2ccccc12. The number of H-pyrrole nitrogens is 1. The number of aromatic nitrogens is 1. The molecule has 1 atom stereocenters. The normalized spacial score (nSPS) is 12.3. The third-order valence-corrected chi connectivity index (χ3v) is 3.07. The highest BCUT2D eigenvalue weighted by molar-refractivity contribution is 9.10. The summed E-state index contributed by atoms with van der Waals surface area (Å²) in [4.78, 5) is 25.5. The van der Waals surface area contributed by atoms with E-state index in [-0.39, 0.29) is 16.3 Å². The van der Waals surface area contributed by atoms with E-state index in [1.165, 1.54) is 6.07 Å². The van der Waals surface area contributed by atoms with Crippen LogP contribution < -0.4 is 10.9 Å². The molecule has 2 aromatic rings. The Hall–Kier alpha value is -1.62. The van der Waals surface area contributed by atoms with Crippen LogP contribution >= 0.6 is 15.9 Å². The second-order valence-electron chi connectivity index (χ2n) is 4.04. The lowest BCUT2D eigenvalue weighted by Crippen LogP contribution is -2.29. The number of carbonyl (C=O) groups excluding carboxylic acids is 1. The maximum Gasteiger partial charge on any atom is 0.248 e. The topological polar surface area (TPSA) is 62.0 Å². The van der Waals surface area contributed by atoms with E-state index in [1.807, 2.05) is 24.3 Å². The molecule has 1 aromatic carbocycles. The lowest BCUT2D eigenvalue weighted by molar-refractivity contribution is -0.120. The molecule has 2 rings (SSSR count). The molecular weight excluding hydrogens is 296 g/mol. The van der Waals surface area contributed by atoms with Crippen molar-refractivity contribution in [3.05, 3.63) is 46.2 Å². The van der Waals surface area contributed by atoms with Crippen LogP contribution in [0, 0.1) is 0 Å². The molecule has 1 amide bonds. The molecule has 94 valence electrons. The van der Waals surface area contributed by atoms with Crippen LogP contribution in [0.4, 0.5) is 0 Å². The minimum Gasteiger partial charge on any atom is -0.351 e. The minimum absolute atomic E-state index is 0.0978. The lowest BCUT2D eigenvalue weighted by atomic mass is 10.1. The van der Waals surface area contributed by atoms with Gasteiger partial charge in [-0.05, 0) is 18.6 Å². The molecule has 1 unspecified atom stereocenters. The number of benzene rings is 1. The van der Waals surface area contributed by atoms with Gasteiger partial charge in [0.15, 0.2) is 0 Å². The van der Waals surface area contributed by atoms with Gasteiger partial charge in [0.1, 0.15) is 0 Å².